The Morgan fingerprint density at radius 2 is 1.68 bits per heavy atom. The maximum Gasteiger partial charge on any atom is 0.190 e. The van der Waals surface area contributed by atoms with E-state index in [1.165, 1.54) is 0 Å². The first kappa shape index (κ1) is 13.6. The lowest BCUT2D eigenvalue weighted by atomic mass is 9.73. The number of ketones is 2. The Kier molecular flexibility index (Phi) is 2.64. The Hall–Kier alpha value is -2.01. The van der Waals surface area contributed by atoms with Gasteiger partial charge in [0.2, 0.25) is 0 Å². The molecule has 4 nitrogen and oxygen atoms in total. The molecule has 1 saturated heterocycles. The summed E-state index contributed by atoms with van der Waals surface area (Å²) in [6, 6.07) is 6.78. The molecule has 3 aliphatic rings. The molecule has 0 amide bonds. The first-order valence-corrected chi connectivity index (χ1v) is 8.91. The minimum Gasteiger partial charge on any atom is -0.289 e. The number of benzene rings is 1. The summed E-state index contributed by atoms with van der Waals surface area (Å²) in [6.45, 7) is 1.76. The second-order valence-corrected chi connectivity index (χ2v) is 8.16. The van der Waals surface area contributed by atoms with Crippen LogP contribution in [0.2, 0.25) is 0 Å². The molecule has 1 aromatic rings. The van der Waals surface area contributed by atoms with E-state index in [1.54, 1.807) is 31.2 Å². The van der Waals surface area contributed by atoms with Gasteiger partial charge in [-0.25, -0.2) is 8.42 Å². The zero-order valence-electron chi connectivity index (χ0n) is 12.0. The molecule has 1 heterocycles. The minimum absolute atomic E-state index is 0.0598. The van der Waals surface area contributed by atoms with Crippen LogP contribution < -0.4 is 0 Å². The van der Waals surface area contributed by atoms with Crippen LogP contribution in [0.1, 0.15) is 40.5 Å². The van der Waals surface area contributed by atoms with Gasteiger partial charge in [-0.05, 0) is 19.8 Å². The van der Waals surface area contributed by atoms with Crippen molar-refractivity contribution in [2.45, 2.75) is 19.8 Å². The smallest absolute Gasteiger partial charge is 0.190 e. The molecule has 22 heavy (non-hydrogen) atoms. The highest BCUT2D eigenvalue weighted by Gasteiger charge is 2.46. The zero-order valence-corrected chi connectivity index (χ0v) is 12.9. The summed E-state index contributed by atoms with van der Waals surface area (Å²) in [6.07, 6.45) is 0.661. The van der Waals surface area contributed by atoms with E-state index in [2.05, 4.69) is 0 Å². The molecule has 0 radical (unpaired) electrons. The van der Waals surface area contributed by atoms with Crippen LogP contribution in [0.25, 0.3) is 0 Å². The molecule has 0 saturated carbocycles. The number of sulfone groups is 1. The van der Waals surface area contributed by atoms with Gasteiger partial charge in [0.1, 0.15) is 0 Å². The second kappa shape index (κ2) is 4.26. The number of fused-ring (bicyclic) bond motifs is 3. The second-order valence-electron chi connectivity index (χ2n) is 6.08. The highest BCUT2D eigenvalue weighted by atomic mass is 32.2. The van der Waals surface area contributed by atoms with Crippen molar-refractivity contribution in [3.05, 3.63) is 57.0 Å². The molecular formula is C17H14O4S. The van der Waals surface area contributed by atoms with Gasteiger partial charge in [0.15, 0.2) is 21.4 Å². The van der Waals surface area contributed by atoms with Gasteiger partial charge in [-0.2, -0.15) is 0 Å². The van der Waals surface area contributed by atoms with Crippen molar-refractivity contribution in [2.75, 3.05) is 5.75 Å². The van der Waals surface area contributed by atoms with Gasteiger partial charge in [0.25, 0.3) is 0 Å². The fraction of sp³-hybridized carbons (Fsp3) is 0.294. The number of carbonyl (C=O) groups is 2. The number of carbonyl (C=O) groups excluding carboxylic acids is 2. The third-order valence-electron chi connectivity index (χ3n) is 4.80. The number of hydrogen-bond acceptors (Lipinski definition) is 4. The van der Waals surface area contributed by atoms with Gasteiger partial charge in [0.05, 0.1) is 10.7 Å². The third kappa shape index (κ3) is 1.60. The third-order valence-corrected chi connectivity index (χ3v) is 6.87. The Morgan fingerprint density at radius 3 is 2.36 bits per heavy atom. The summed E-state index contributed by atoms with van der Waals surface area (Å²) >= 11 is 0. The van der Waals surface area contributed by atoms with Gasteiger partial charge in [-0.3, -0.25) is 9.59 Å². The van der Waals surface area contributed by atoms with Gasteiger partial charge in [-0.1, -0.05) is 29.8 Å². The minimum atomic E-state index is -3.28. The summed E-state index contributed by atoms with van der Waals surface area (Å²) in [5, 5.41) is 0. The quantitative estimate of drug-likeness (QED) is 0.738. The van der Waals surface area contributed by atoms with Crippen molar-refractivity contribution in [3.8, 4) is 0 Å². The van der Waals surface area contributed by atoms with Crippen LogP contribution in [0.15, 0.2) is 45.9 Å². The van der Waals surface area contributed by atoms with Crippen LogP contribution in [0.5, 0.6) is 0 Å². The van der Waals surface area contributed by atoms with E-state index in [0.29, 0.717) is 39.2 Å². The van der Waals surface area contributed by atoms with Crippen LogP contribution in [0, 0.1) is 5.92 Å². The van der Waals surface area contributed by atoms with E-state index in [1.807, 2.05) is 0 Å². The van der Waals surface area contributed by atoms with Crippen LogP contribution in [-0.2, 0) is 9.84 Å². The lowest BCUT2D eigenvalue weighted by Gasteiger charge is -2.29. The summed E-state index contributed by atoms with van der Waals surface area (Å²) in [7, 11) is -3.28. The molecule has 4 rings (SSSR count). The standard InChI is InChI=1S/C17H14O4S/c1-9-8-13-14(12-6-7-22(20,21)17(9)12)16(19)11-5-3-2-4-10(11)15(13)18/h2-5,12H,6-8H2,1H3/t12-/m1/s1. The van der Waals surface area contributed by atoms with Gasteiger partial charge >= 0.3 is 0 Å². The lowest BCUT2D eigenvalue weighted by Crippen LogP contribution is -2.29. The molecule has 112 valence electrons. The van der Waals surface area contributed by atoms with E-state index >= 15 is 0 Å². The van der Waals surface area contributed by atoms with Crippen molar-refractivity contribution >= 4 is 21.4 Å². The molecule has 1 fully saturated rings. The van der Waals surface area contributed by atoms with E-state index in [9.17, 15) is 18.0 Å². The van der Waals surface area contributed by atoms with Crippen molar-refractivity contribution in [3.63, 3.8) is 0 Å². The summed E-state index contributed by atoms with van der Waals surface area (Å²) in [5.74, 6) is -0.687. The lowest BCUT2D eigenvalue weighted by molar-refractivity contribution is 0.0964. The first-order chi connectivity index (χ1) is 10.4. The van der Waals surface area contributed by atoms with Gasteiger partial charge in [-0.15, -0.1) is 0 Å². The molecule has 0 aromatic heterocycles. The Morgan fingerprint density at radius 1 is 1.05 bits per heavy atom. The molecule has 0 N–H and O–H groups in total. The maximum absolute atomic E-state index is 12.8. The number of Topliss-reactive ketones (excluding diaryl/α,β-unsaturated/α-hetero) is 2. The molecule has 1 aliphatic heterocycles. The zero-order chi connectivity index (χ0) is 15.6. The Balaban J connectivity index is 1.95. The van der Waals surface area contributed by atoms with Gasteiger partial charge < -0.3 is 0 Å². The van der Waals surface area contributed by atoms with E-state index in [-0.39, 0.29) is 23.7 Å². The molecule has 2 aliphatic carbocycles. The molecule has 0 bridgehead atoms. The molecule has 5 heteroatoms. The molecule has 0 spiro atoms. The SMILES string of the molecule is CC1=C2[C@H](CCS2(=O)=O)C2=C(C1)C(=O)c1ccccc1C2=O. The number of hydrogen-bond donors (Lipinski definition) is 0. The van der Waals surface area contributed by atoms with E-state index in [4.69, 9.17) is 0 Å². The highest BCUT2D eigenvalue weighted by molar-refractivity contribution is 7.95. The van der Waals surface area contributed by atoms with Gasteiger partial charge in [0, 0.05) is 28.2 Å². The monoisotopic (exact) mass is 314 g/mol. The maximum atomic E-state index is 12.8. The van der Waals surface area contributed by atoms with E-state index in [0.717, 1.165) is 0 Å². The van der Waals surface area contributed by atoms with Crippen LogP contribution in [0.3, 0.4) is 0 Å². The van der Waals surface area contributed by atoms with Crippen LogP contribution in [-0.4, -0.2) is 25.7 Å². The fourth-order valence-corrected chi connectivity index (χ4v) is 5.95. The molecule has 1 aromatic carbocycles. The van der Waals surface area contributed by atoms with E-state index < -0.39 is 15.8 Å². The first-order valence-electron chi connectivity index (χ1n) is 7.25. The average Bonchev–Trinajstić information content (AvgIpc) is 2.81. The van der Waals surface area contributed by atoms with Crippen molar-refractivity contribution in [1.82, 2.24) is 0 Å². The van der Waals surface area contributed by atoms with Crippen molar-refractivity contribution < 1.29 is 18.0 Å². The highest BCUT2D eigenvalue weighted by Crippen LogP contribution is 2.47. The summed E-state index contributed by atoms with van der Waals surface area (Å²) in [4.78, 5) is 25.9. The van der Waals surface area contributed by atoms with Crippen LogP contribution in [0.4, 0.5) is 0 Å². The normalized spacial score (nSPS) is 26.0. The fourth-order valence-electron chi connectivity index (χ4n) is 3.91. The Labute approximate surface area is 128 Å². The van der Waals surface area contributed by atoms with Crippen LogP contribution >= 0.6 is 0 Å². The number of allylic oxidation sites excluding steroid dienone is 4. The predicted octanol–water partition coefficient (Wildman–Crippen LogP) is 2.47. The Bertz CT molecular complexity index is 916. The predicted molar refractivity (Wildman–Crippen MR) is 81.3 cm³/mol. The largest absolute Gasteiger partial charge is 0.289 e. The van der Waals surface area contributed by atoms with Crippen molar-refractivity contribution in [1.29, 1.82) is 0 Å². The molecule has 1 atom stereocenters. The topological polar surface area (TPSA) is 68.3 Å². The summed E-state index contributed by atoms with van der Waals surface area (Å²) in [5.41, 5.74) is 2.46. The molecule has 0 unspecified atom stereocenters. The average molecular weight is 314 g/mol. The number of rotatable bonds is 0. The molecular weight excluding hydrogens is 300 g/mol. The van der Waals surface area contributed by atoms with Crippen molar-refractivity contribution in [2.24, 2.45) is 5.92 Å². The summed E-state index contributed by atoms with van der Waals surface area (Å²) < 4.78 is 24.5.